The lowest BCUT2D eigenvalue weighted by Gasteiger charge is -2.23. The van der Waals surface area contributed by atoms with Crippen LogP contribution in [0.4, 0.5) is 5.69 Å². The van der Waals surface area contributed by atoms with Crippen LogP contribution in [0.5, 0.6) is 5.75 Å². The number of amides is 1. The molecule has 0 aromatic heterocycles. The van der Waals surface area contributed by atoms with Crippen LogP contribution in [0.3, 0.4) is 0 Å². The lowest BCUT2D eigenvalue weighted by Crippen LogP contribution is -2.39. The van der Waals surface area contributed by atoms with Crippen LogP contribution in [-0.4, -0.2) is 33.2 Å². The second-order valence-corrected chi connectivity index (χ2v) is 10.1. The van der Waals surface area contributed by atoms with E-state index in [1.54, 1.807) is 54.6 Å². The summed E-state index contributed by atoms with van der Waals surface area (Å²) in [4.78, 5) is 12.7. The van der Waals surface area contributed by atoms with E-state index in [1.807, 2.05) is 26.0 Å². The fourth-order valence-electron chi connectivity index (χ4n) is 2.92. The predicted octanol–water partition coefficient (Wildman–Crippen LogP) is 4.58. The maximum Gasteiger partial charge on any atom is 0.264 e. The van der Waals surface area contributed by atoms with E-state index in [1.165, 1.54) is 18.3 Å². The van der Waals surface area contributed by atoms with Crippen molar-refractivity contribution in [2.24, 2.45) is 5.10 Å². The zero-order valence-electron chi connectivity index (χ0n) is 18.2. The molecule has 0 fully saturated rings. The molecule has 0 atom stereocenters. The molecule has 172 valence electrons. The van der Waals surface area contributed by atoms with Gasteiger partial charge in [-0.15, -0.1) is 0 Å². The van der Waals surface area contributed by atoms with Crippen molar-refractivity contribution in [2.45, 2.75) is 24.8 Å². The quantitative estimate of drug-likeness (QED) is 0.324. The van der Waals surface area contributed by atoms with Gasteiger partial charge in [0.05, 0.1) is 22.9 Å². The average Bonchev–Trinajstić information content (AvgIpc) is 2.79. The standard InChI is InChI=1S/C24H24BrN3O4S/c1-18(2)32-22-13-11-19(12-14-22)16-26-27-24(29)17-28(21-8-6-7-20(25)15-21)33(30,31)23-9-4-3-5-10-23/h3-16,18H,17H2,1-2H3,(H,27,29). The third-order valence-corrected chi connectivity index (χ3v) is 6.65. The van der Waals surface area contributed by atoms with Crippen molar-refractivity contribution in [3.63, 3.8) is 0 Å². The summed E-state index contributed by atoms with van der Waals surface area (Å²) in [6, 6.07) is 21.9. The SMILES string of the molecule is CC(C)Oc1ccc(C=NNC(=O)CN(c2cccc(Br)c2)S(=O)(=O)c2ccccc2)cc1. The van der Waals surface area contributed by atoms with Gasteiger partial charge < -0.3 is 4.74 Å². The number of ether oxygens (including phenoxy) is 1. The fraction of sp³-hybridized carbons (Fsp3) is 0.167. The Bertz CT molecular complexity index is 1210. The molecule has 33 heavy (non-hydrogen) atoms. The van der Waals surface area contributed by atoms with Crippen LogP contribution in [0.2, 0.25) is 0 Å². The number of nitrogens with one attached hydrogen (secondary N) is 1. The monoisotopic (exact) mass is 529 g/mol. The van der Waals surface area contributed by atoms with Crippen molar-refractivity contribution in [2.75, 3.05) is 10.8 Å². The first-order chi connectivity index (χ1) is 15.8. The molecule has 3 rings (SSSR count). The van der Waals surface area contributed by atoms with Gasteiger partial charge in [0, 0.05) is 4.47 Å². The zero-order chi connectivity index (χ0) is 23.8. The fourth-order valence-corrected chi connectivity index (χ4v) is 4.74. The lowest BCUT2D eigenvalue weighted by atomic mass is 10.2. The average molecular weight is 530 g/mol. The van der Waals surface area contributed by atoms with E-state index in [0.717, 1.165) is 15.6 Å². The molecule has 0 heterocycles. The van der Waals surface area contributed by atoms with Gasteiger partial charge in [0.1, 0.15) is 12.3 Å². The summed E-state index contributed by atoms with van der Waals surface area (Å²) >= 11 is 3.35. The number of anilines is 1. The molecule has 1 N–H and O–H groups in total. The molecule has 9 heteroatoms. The molecule has 0 spiro atoms. The first kappa shape index (κ1) is 24.5. The van der Waals surface area contributed by atoms with Crippen molar-refractivity contribution in [1.29, 1.82) is 0 Å². The molecule has 3 aromatic carbocycles. The first-order valence-electron chi connectivity index (χ1n) is 10.2. The van der Waals surface area contributed by atoms with E-state index >= 15 is 0 Å². The van der Waals surface area contributed by atoms with Crippen molar-refractivity contribution in [3.05, 3.63) is 88.9 Å². The van der Waals surface area contributed by atoms with E-state index in [-0.39, 0.29) is 11.0 Å². The molecule has 7 nitrogen and oxygen atoms in total. The summed E-state index contributed by atoms with van der Waals surface area (Å²) in [5.41, 5.74) is 3.51. The predicted molar refractivity (Wildman–Crippen MR) is 133 cm³/mol. The van der Waals surface area contributed by atoms with E-state index in [2.05, 4.69) is 26.5 Å². The maximum absolute atomic E-state index is 13.3. The summed E-state index contributed by atoms with van der Waals surface area (Å²) in [5.74, 6) is 0.160. The number of nitrogens with zero attached hydrogens (tertiary/aromatic N) is 2. The second kappa shape index (κ2) is 11.1. The highest BCUT2D eigenvalue weighted by atomic mass is 79.9. The van der Waals surface area contributed by atoms with E-state index < -0.39 is 22.5 Å². The third kappa shape index (κ3) is 6.90. The number of sulfonamides is 1. The summed E-state index contributed by atoms with van der Waals surface area (Å²) in [5, 5.41) is 3.96. The van der Waals surface area contributed by atoms with Gasteiger partial charge in [-0.2, -0.15) is 5.10 Å². The molecule has 0 aliphatic carbocycles. The Morgan fingerprint density at radius 1 is 1.06 bits per heavy atom. The van der Waals surface area contributed by atoms with Gasteiger partial charge in [-0.05, 0) is 74.0 Å². The van der Waals surface area contributed by atoms with Crippen LogP contribution >= 0.6 is 15.9 Å². The molecule has 1 amide bonds. The number of benzene rings is 3. The summed E-state index contributed by atoms with van der Waals surface area (Å²) < 4.78 is 33.9. The Kier molecular flexibility index (Phi) is 8.24. The van der Waals surface area contributed by atoms with Gasteiger partial charge in [0.25, 0.3) is 15.9 Å². The van der Waals surface area contributed by atoms with Crippen molar-refractivity contribution in [1.82, 2.24) is 5.43 Å². The molecule has 0 saturated heterocycles. The van der Waals surface area contributed by atoms with Crippen molar-refractivity contribution < 1.29 is 17.9 Å². The molecule has 0 aliphatic rings. The Morgan fingerprint density at radius 2 is 1.76 bits per heavy atom. The molecular formula is C24H24BrN3O4S. The van der Waals surface area contributed by atoms with E-state index in [0.29, 0.717) is 10.2 Å². The number of hydrogen-bond acceptors (Lipinski definition) is 5. The van der Waals surface area contributed by atoms with Gasteiger partial charge in [-0.25, -0.2) is 13.8 Å². The van der Waals surface area contributed by atoms with E-state index in [9.17, 15) is 13.2 Å². The smallest absolute Gasteiger partial charge is 0.264 e. The molecule has 0 unspecified atom stereocenters. The normalized spacial score (nSPS) is 11.5. The van der Waals surface area contributed by atoms with E-state index in [4.69, 9.17) is 4.74 Å². The number of hydrazone groups is 1. The van der Waals surface area contributed by atoms with Crippen LogP contribution in [0.25, 0.3) is 0 Å². The number of hydrogen-bond donors (Lipinski definition) is 1. The maximum atomic E-state index is 13.3. The van der Waals surface area contributed by atoms with Crippen molar-refractivity contribution in [3.8, 4) is 5.75 Å². The van der Waals surface area contributed by atoms with Gasteiger partial charge >= 0.3 is 0 Å². The number of carbonyl (C=O) groups excluding carboxylic acids is 1. The van der Waals surface area contributed by atoms with Crippen molar-refractivity contribution >= 4 is 43.8 Å². The minimum Gasteiger partial charge on any atom is -0.491 e. The minimum atomic E-state index is -3.97. The lowest BCUT2D eigenvalue weighted by molar-refractivity contribution is -0.119. The number of halogens is 1. The Morgan fingerprint density at radius 3 is 2.39 bits per heavy atom. The highest BCUT2D eigenvalue weighted by Gasteiger charge is 2.27. The summed E-state index contributed by atoms with van der Waals surface area (Å²) in [6.45, 7) is 3.45. The number of carbonyl (C=O) groups is 1. The Balaban J connectivity index is 1.75. The Hall–Kier alpha value is -3.17. The van der Waals surface area contributed by atoms with Gasteiger partial charge in [-0.1, -0.05) is 40.2 Å². The molecule has 0 saturated carbocycles. The minimum absolute atomic E-state index is 0.0733. The van der Waals surface area contributed by atoms with Crippen LogP contribution in [0.1, 0.15) is 19.4 Å². The molecule has 0 aliphatic heterocycles. The highest BCUT2D eigenvalue weighted by molar-refractivity contribution is 9.10. The summed E-state index contributed by atoms with van der Waals surface area (Å²) in [6.07, 6.45) is 1.55. The third-order valence-electron chi connectivity index (χ3n) is 4.37. The van der Waals surface area contributed by atoms with Crippen LogP contribution in [0.15, 0.2) is 93.3 Å². The molecule has 3 aromatic rings. The second-order valence-electron chi connectivity index (χ2n) is 7.33. The summed E-state index contributed by atoms with van der Waals surface area (Å²) in [7, 11) is -3.97. The first-order valence-corrected chi connectivity index (χ1v) is 12.4. The zero-order valence-corrected chi connectivity index (χ0v) is 20.6. The molecule has 0 bridgehead atoms. The largest absolute Gasteiger partial charge is 0.491 e. The molecular weight excluding hydrogens is 506 g/mol. The molecule has 0 radical (unpaired) electrons. The highest BCUT2D eigenvalue weighted by Crippen LogP contribution is 2.26. The van der Waals surface area contributed by atoms with Gasteiger partial charge in [0.2, 0.25) is 0 Å². The van der Waals surface area contributed by atoms with Gasteiger partial charge in [-0.3, -0.25) is 9.10 Å². The topological polar surface area (TPSA) is 88.1 Å². The van der Waals surface area contributed by atoms with Crippen LogP contribution in [-0.2, 0) is 14.8 Å². The number of rotatable bonds is 9. The Labute approximate surface area is 202 Å². The van der Waals surface area contributed by atoms with Crippen LogP contribution < -0.4 is 14.5 Å². The van der Waals surface area contributed by atoms with Crippen LogP contribution in [0, 0.1) is 0 Å². The van der Waals surface area contributed by atoms with Gasteiger partial charge in [0.15, 0.2) is 0 Å².